The largest absolute Gasteiger partial charge is 0.408 e. The minimum atomic E-state index is -0.267. The van der Waals surface area contributed by atoms with Crippen LogP contribution in [0.1, 0.15) is 5.89 Å². The molecule has 0 aliphatic heterocycles. The highest BCUT2D eigenvalue weighted by Gasteiger charge is 2.11. The molecule has 4 rings (SSSR count). The zero-order chi connectivity index (χ0) is 17.2. The Hall–Kier alpha value is -3.69. The van der Waals surface area contributed by atoms with E-state index in [-0.39, 0.29) is 11.6 Å². The van der Waals surface area contributed by atoms with Gasteiger partial charge in [-0.15, -0.1) is 5.10 Å². The molecule has 0 saturated heterocycles. The molecule has 25 heavy (non-hydrogen) atoms. The summed E-state index contributed by atoms with van der Waals surface area (Å²) < 4.78 is 6.71. The number of hydrogen-bond donors (Lipinski definition) is 3. The van der Waals surface area contributed by atoms with Gasteiger partial charge in [0, 0.05) is 13.0 Å². The van der Waals surface area contributed by atoms with Crippen molar-refractivity contribution < 1.29 is 4.42 Å². The zero-order valence-corrected chi connectivity index (χ0v) is 13.0. The van der Waals surface area contributed by atoms with Gasteiger partial charge in [-0.3, -0.25) is 9.78 Å². The number of benzene rings is 1. The van der Waals surface area contributed by atoms with Crippen LogP contribution >= 0.6 is 0 Å². The number of rotatable bonds is 5. The molecule has 0 atom stereocenters. The highest BCUT2D eigenvalue weighted by molar-refractivity contribution is 5.76. The van der Waals surface area contributed by atoms with E-state index >= 15 is 0 Å². The third-order valence-corrected chi connectivity index (χ3v) is 3.55. The monoisotopic (exact) mass is 338 g/mol. The Morgan fingerprint density at radius 2 is 2.08 bits per heavy atom. The van der Waals surface area contributed by atoms with E-state index < -0.39 is 0 Å². The van der Waals surface area contributed by atoms with E-state index in [9.17, 15) is 4.79 Å². The average molecular weight is 338 g/mol. The van der Waals surface area contributed by atoms with Gasteiger partial charge in [0.25, 0.3) is 5.56 Å². The number of nitrogens with two attached hydrogens (primary N) is 1. The summed E-state index contributed by atoms with van der Waals surface area (Å²) in [5, 5.41) is 15.1. The lowest BCUT2D eigenvalue weighted by Gasteiger charge is -2.05. The molecule has 3 heterocycles. The Morgan fingerprint density at radius 3 is 2.84 bits per heavy atom. The molecule has 126 valence electrons. The van der Waals surface area contributed by atoms with E-state index in [0.717, 1.165) is 5.69 Å². The molecule has 0 saturated carbocycles. The van der Waals surface area contributed by atoms with Gasteiger partial charge in [-0.25, -0.2) is 4.68 Å². The summed E-state index contributed by atoms with van der Waals surface area (Å²) in [5.74, 6) is 0.741. The number of H-pyrrole nitrogens is 1. The predicted molar refractivity (Wildman–Crippen MR) is 90.4 cm³/mol. The lowest BCUT2D eigenvalue weighted by atomic mass is 10.3. The van der Waals surface area contributed by atoms with E-state index in [0.29, 0.717) is 35.8 Å². The van der Waals surface area contributed by atoms with Crippen molar-refractivity contribution in [2.24, 2.45) is 0 Å². The van der Waals surface area contributed by atoms with Crippen LogP contribution in [0.25, 0.3) is 16.7 Å². The summed E-state index contributed by atoms with van der Waals surface area (Å²) in [6.07, 6.45) is 1.95. The number of aromatic nitrogens is 6. The highest BCUT2D eigenvalue weighted by atomic mass is 16.4. The van der Waals surface area contributed by atoms with Crippen LogP contribution in [-0.2, 0) is 6.42 Å². The molecular formula is C15H14N8O2. The number of nitrogens with one attached hydrogen (secondary N) is 2. The van der Waals surface area contributed by atoms with Crippen molar-refractivity contribution in [3.05, 3.63) is 52.8 Å². The fourth-order valence-electron chi connectivity index (χ4n) is 2.42. The quantitative estimate of drug-likeness (QED) is 0.483. The maximum Gasteiger partial charge on any atom is 0.312 e. The van der Waals surface area contributed by atoms with E-state index in [2.05, 4.69) is 30.6 Å². The van der Waals surface area contributed by atoms with Gasteiger partial charge in [0.2, 0.25) is 11.8 Å². The van der Waals surface area contributed by atoms with Gasteiger partial charge in [0.05, 0.1) is 11.9 Å². The SMILES string of the molecule is Nc1nnc(CCNc2nc3c(cnn3-c3ccccc3)c(=O)[nH]2)o1. The Morgan fingerprint density at radius 1 is 1.24 bits per heavy atom. The Kier molecular flexibility index (Phi) is 3.61. The molecule has 0 radical (unpaired) electrons. The summed E-state index contributed by atoms with van der Waals surface area (Å²) in [5.41, 5.74) is 6.40. The topological polar surface area (TPSA) is 141 Å². The molecule has 0 aliphatic rings. The van der Waals surface area contributed by atoms with Crippen LogP contribution in [0.2, 0.25) is 0 Å². The number of aromatic amines is 1. The summed E-state index contributed by atoms with van der Waals surface area (Å²) in [6, 6.07) is 9.50. The van der Waals surface area contributed by atoms with Crippen molar-refractivity contribution in [1.29, 1.82) is 0 Å². The molecule has 10 nitrogen and oxygen atoms in total. The van der Waals surface area contributed by atoms with Crippen molar-refractivity contribution in [3.63, 3.8) is 0 Å². The molecule has 3 aromatic heterocycles. The van der Waals surface area contributed by atoms with Crippen LogP contribution in [0.4, 0.5) is 12.0 Å². The first-order valence-corrected chi connectivity index (χ1v) is 7.56. The van der Waals surface area contributed by atoms with Crippen molar-refractivity contribution in [2.45, 2.75) is 6.42 Å². The standard InChI is InChI=1S/C15H14N8O2/c16-14-22-21-11(25-14)6-7-17-15-19-12-10(13(24)20-15)8-18-23(12)9-4-2-1-3-5-9/h1-5,8H,6-7H2,(H2,16,22)(H2,17,19,20,24). The van der Waals surface area contributed by atoms with Gasteiger partial charge < -0.3 is 15.5 Å². The van der Waals surface area contributed by atoms with Gasteiger partial charge in [-0.05, 0) is 12.1 Å². The summed E-state index contributed by atoms with van der Waals surface area (Å²) >= 11 is 0. The maximum atomic E-state index is 12.2. The number of anilines is 2. The molecule has 0 fully saturated rings. The number of hydrogen-bond acceptors (Lipinski definition) is 8. The van der Waals surface area contributed by atoms with E-state index in [1.54, 1.807) is 4.68 Å². The van der Waals surface area contributed by atoms with Crippen LogP contribution in [0.5, 0.6) is 0 Å². The predicted octanol–water partition coefficient (Wildman–Crippen LogP) is 0.729. The van der Waals surface area contributed by atoms with Crippen LogP contribution in [0, 0.1) is 0 Å². The lowest BCUT2D eigenvalue weighted by Crippen LogP contribution is -2.15. The van der Waals surface area contributed by atoms with Crippen LogP contribution in [0.15, 0.2) is 45.7 Å². The normalized spacial score (nSPS) is 11.0. The van der Waals surface area contributed by atoms with E-state index in [1.807, 2.05) is 30.3 Å². The first kappa shape index (κ1) is 14.9. The third-order valence-electron chi connectivity index (χ3n) is 3.55. The highest BCUT2D eigenvalue weighted by Crippen LogP contribution is 2.14. The van der Waals surface area contributed by atoms with Crippen molar-refractivity contribution in [2.75, 3.05) is 17.6 Å². The van der Waals surface area contributed by atoms with Gasteiger partial charge in [0.15, 0.2) is 5.65 Å². The van der Waals surface area contributed by atoms with E-state index in [1.165, 1.54) is 6.20 Å². The minimum absolute atomic E-state index is 0.0229. The first-order chi connectivity index (χ1) is 12.2. The fourth-order valence-corrected chi connectivity index (χ4v) is 2.42. The number of fused-ring (bicyclic) bond motifs is 1. The average Bonchev–Trinajstić information content (AvgIpc) is 3.22. The number of nitrogens with zero attached hydrogens (tertiary/aromatic N) is 5. The first-order valence-electron chi connectivity index (χ1n) is 7.56. The van der Waals surface area contributed by atoms with Crippen molar-refractivity contribution >= 4 is 23.0 Å². The molecule has 1 aromatic carbocycles. The number of para-hydroxylation sites is 1. The Labute approximate surface area is 140 Å². The Balaban J connectivity index is 1.60. The molecule has 4 aromatic rings. The summed E-state index contributed by atoms with van der Waals surface area (Å²) in [6.45, 7) is 0.440. The van der Waals surface area contributed by atoms with Crippen LogP contribution < -0.4 is 16.6 Å². The molecule has 10 heteroatoms. The van der Waals surface area contributed by atoms with Crippen molar-refractivity contribution in [3.8, 4) is 5.69 Å². The second kappa shape index (κ2) is 6.07. The zero-order valence-electron chi connectivity index (χ0n) is 13.0. The molecule has 4 N–H and O–H groups in total. The van der Waals surface area contributed by atoms with Crippen LogP contribution in [-0.4, -0.2) is 36.5 Å². The minimum Gasteiger partial charge on any atom is -0.408 e. The molecule has 0 unspecified atom stereocenters. The second-order valence-electron chi connectivity index (χ2n) is 5.25. The third kappa shape index (κ3) is 2.92. The summed E-state index contributed by atoms with van der Waals surface area (Å²) in [4.78, 5) is 19.4. The van der Waals surface area contributed by atoms with Gasteiger partial charge in [-0.1, -0.05) is 23.3 Å². The van der Waals surface area contributed by atoms with Gasteiger partial charge >= 0.3 is 6.01 Å². The van der Waals surface area contributed by atoms with Crippen molar-refractivity contribution in [1.82, 2.24) is 29.9 Å². The second-order valence-corrected chi connectivity index (χ2v) is 5.25. The summed E-state index contributed by atoms with van der Waals surface area (Å²) in [7, 11) is 0. The lowest BCUT2D eigenvalue weighted by molar-refractivity contribution is 0.513. The van der Waals surface area contributed by atoms with Gasteiger partial charge in [-0.2, -0.15) is 10.1 Å². The molecule has 0 bridgehead atoms. The molecular weight excluding hydrogens is 324 g/mol. The molecule has 0 aliphatic carbocycles. The smallest absolute Gasteiger partial charge is 0.312 e. The molecule has 0 spiro atoms. The maximum absolute atomic E-state index is 12.2. The van der Waals surface area contributed by atoms with Crippen LogP contribution in [0.3, 0.4) is 0 Å². The molecule has 0 amide bonds. The Bertz CT molecular complexity index is 1070. The number of nitrogen functional groups attached to an aromatic ring is 1. The van der Waals surface area contributed by atoms with Gasteiger partial charge in [0.1, 0.15) is 5.39 Å². The fraction of sp³-hybridized carbons (Fsp3) is 0.133. The van der Waals surface area contributed by atoms with E-state index in [4.69, 9.17) is 10.2 Å².